The van der Waals surface area contributed by atoms with Crippen molar-refractivity contribution in [2.45, 2.75) is 19.4 Å². The van der Waals surface area contributed by atoms with E-state index in [2.05, 4.69) is 17.5 Å². The summed E-state index contributed by atoms with van der Waals surface area (Å²) in [6.07, 6.45) is 1.01. The van der Waals surface area contributed by atoms with Gasteiger partial charge in [0.1, 0.15) is 0 Å². The van der Waals surface area contributed by atoms with Crippen LogP contribution in [0.25, 0.3) is 0 Å². The highest BCUT2D eigenvalue weighted by Gasteiger charge is 1.96. The fourth-order valence-corrected chi connectivity index (χ4v) is 1.59. The van der Waals surface area contributed by atoms with Crippen molar-refractivity contribution in [3.63, 3.8) is 0 Å². The lowest BCUT2D eigenvalue weighted by atomic mass is 10.2. The van der Waals surface area contributed by atoms with Crippen LogP contribution in [0.4, 0.5) is 0 Å². The van der Waals surface area contributed by atoms with Gasteiger partial charge in [0.05, 0.1) is 0 Å². The normalized spacial score (nSPS) is 13.6. The fourth-order valence-electron chi connectivity index (χ4n) is 0.746. The van der Waals surface area contributed by atoms with Crippen LogP contribution in [0.2, 0.25) is 0 Å². The number of hydrogen-bond acceptors (Lipinski definition) is 2. The minimum absolute atomic E-state index is 0.295. The van der Waals surface area contributed by atoms with Gasteiger partial charge in [0.15, 0.2) is 0 Å². The van der Waals surface area contributed by atoms with Gasteiger partial charge in [-0.1, -0.05) is 6.07 Å². The average molecular weight is 141 g/mol. The van der Waals surface area contributed by atoms with Gasteiger partial charge < -0.3 is 5.73 Å². The predicted molar refractivity (Wildman–Crippen MR) is 41.7 cm³/mol. The highest BCUT2D eigenvalue weighted by molar-refractivity contribution is 7.09. The van der Waals surface area contributed by atoms with Gasteiger partial charge in [-0.05, 0) is 24.8 Å². The van der Waals surface area contributed by atoms with Gasteiger partial charge in [0.2, 0.25) is 0 Å². The van der Waals surface area contributed by atoms with Crippen molar-refractivity contribution in [1.82, 2.24) is 0 Å². The molecule has 1 heterocycles. The highest BCUT2D eigenvalue weighted by atomic mass is 32.1. The molecule has 0 amide bonds. The summed E-state index contributed by atoms with van der Waals surface area (Å²) in [4.78, 5) is 1.38. The Hall–Kier alpha value is -0.340. The standard InChI is InChI=1S/C7H11NS/c1-6(8)5-7-3-2-4-9-7/h2-4,6H,5,8H2,1H3/t6-/m1/s1. The summed E-state index contributed by atoms with van der Waals surface area (Å²) >= 11 is 1.77. The molecule has 0 saturated carbocycles. The van der Waals surface area contributed by atoms with Gasteiger partial charge >= 0.3 is 0 Å². The molecule has 9 heavy (non-hydrogen) atoms. The van der Waals surface area contributed by atoms with E-state index in [1.165, 1.54) is 4.88 Å². The zero-order valence-corrected chi connectivity index (χ0v) is 6.32. The minimum atomic E-state index is 0.295. The van der Waals surface area contributed by atoms with Gasteiger partial charge in [-0.2, -0.15) is 0 Å². The maximum absolute atomic E-state index is 5.59. The third-order valence-electron chi connectivity index (χ3n) is 1.10. The van der Waals surface area contributed by atoms with Gasteiger partial charge in [-0.15, -0.1) is 11.3 Å². The zero-order valence-electron chi connectivity index (χ0n) is 5.50. The van der Waals surface area contributed by atoms with Gasteiger partial charge in [-0.25, -0.2) is 0 Å². The Morgan fingerprint density at radius 3 is 3.00 bits per heavy atom. The Labute approximate surface area is 59.5 Å². The molecule has 1 aromatic rings. The fraction of sp³-hybridized carbons (Fsp3) is 0.429. The molecule has 0 unspecified atom stereocenters. The van der Waals surface area contributed by atoms with Crippen molar-refractivity contribution >= 4 is 11.3 Å². The van der Waals surface area contributed by atoms with Crippen LogP contribution in [0.3, 0.4) is 0 Å². The number of rotatable bonds is 2. The van der Waals surface area contributed by atoms with E-state index >= 15 is 0 Å². The van der Waals surface area contributed by atoms with Crippen molar-refractivity contribution in [3.05, 3.63) is 22.4 Å². The predicted octanol–water partition coefficient (Wildman–Crippen LogP) is 1.64. The quantitative estimate of drug-likeness (QED) is 0.665. The van der Waals surface area contributed by atoms with Crippen LogP contribution in [0.1, 0.15) is 11.8 Å². The summed E-state index contributed by atoms with van der Waals surface area (Å²) < 4.78 is 0. The van der Waals surface area contributed by atoms with Crippen LogP contribution in [-0.4, -0.2) is 6.04 Å². The molecular formula is C7H11NS. The van der Waals surface area contributed by atoms with Crippen molar-refractivity contribution in [1.29, 1.82) is 0 Å². The molecule has 2 N–H and O–H groups in total. The molecule has 50 valence electrons. The smallest absolute Gasteiger partial charge is 0.00605 e. The van der Waals surface area contributed by atoms with E-state index in [0.717, 1.165) is 6.42 Å². The van der Waals surface area contributed by atoms with Crippen molar-refractivity contribution in [2.24, 2.45) is 5.73 Å². The van der Waals surface area contributed by atoms with E-state index in [1.54, 1.807) is 11.3 Å². The molecule has 1 aromatic heterocycles. The third-order valence-corrected chi connectivity index (χ3v) is 2.00. The number of thiophene rings is 1. The van der Waals surface area contributed by atoms with E-state index in [9.17, 15) is 0 Å². The molecule has 1 rings (SSSR count). The Bertz CT molecular complexity index is 155. The summed E-state index contributed by atoms with van der Waals surface area (Å²) in [5, 5.41) is 2.08. The summed E-state index contributed by atoms with van der Waals surface area (Å²) in [5.74, 6) is 0. The maximum Gasteiger partial charge on any atom is 0.00605 e. The first-order chi connectivity index (χ1) is 4.29. The van der Waals surface area contributed by atoms with Crippen LogP contribution in [0, 0.1) is 0 Å². The summed E-state index contributed by atoms with van der Waals surface area (Å²) in [7, 11) is 0. The first kappa shape index (κ1) is 6.78. The Morgan fingerprint density at radius 1 is 1.78 bits per heavy atom. The zero-order chi connectivity index (χ0) is 6.69. The van der Waals surface area contributed by atoms with Crippen molar-refractivity contribution in [2.75, 3.05) is 0 Å². The van der Waals surface area contributed by atoms with Crippen LogP contribution in [0.5, 0.6) is 0 Å². The first-order valence-electron chi connectivity index (χ1n) is 3.07. The molecule has 0 saturated heterocycles. The number of nitrogens with two attached hydrogens (primary N) is 1. The second-order valence-corrected chi connectivity index (χ2v) is 3.29. The van der Waals surface area contributed by atoms with E-state index in [1.807, 2.05) is 6.92 Å². The molecule has 0 bridgehead atoms. The molecule has 1 atom stereocenters. The average Bonchev–Trinajstić information content (AvgIpc) is 2.15. The summed E-state index contributed by atoms with van der Waals surface area (Å²) in [5.41, 5.74) is 5.59. The molecule has 2 heteroatoms. The van der Waals surface area contributed by atoms with Crippen LogP contribution in [-0.2, 0) is 6.42 Å². The van der Waals surface area contributed by atoms with Crippen LogP contribution < -0.4 is 5.73 Å². The summed E-state index contributed by atoms with van der Waals surface area (Å²) in [6.45, 7) is 2.03. The monoisotopic (exact) mass is 141 g/mol. The van der Waals surface area contributed by atoms with Crippen molar-refractivity contribution < 1.29 is 0 Å². The second-order valence-electron chi connectivity index (χ2n) is 2.26. The molecule has 0 radical (unpaired) electrons. The second kappa shape index (κ2) is 2.99. The largest absolute Gasteiger partial charge is 0.328 e. The minimum Gasteiger partial charge on any atom is -0.328 e. The molecule has 0 fully saturated rings. The van der Waals surface area contributed by atoms with Gasteiger partial charge in [0, 0.05) is 10.9 Å². The maximum atomic E-state index is 5.59. The van der Waals surface area contributed by atoms with Crippen molar-refractivity contribution in [3.8, 4) is 0 Å². The molecular weight excluding hydrogens is 130 g/mol. The van der Waals surface area contributed by atoms with Crippen LogP contribution >= 0.6 is 11.3 Å². The Kier molecular flexibility index (Phi) is 2.25. The lowest BCUT2D eigenvalue weighted by Crippen LogP contribution is -2.16. The first-order valence-corrected chi connectivity index (χ1v) is 3.95. The molecule has 0 aliphatic heterocycles. The third kappa shape index (κ3) is 2.16. The molecule has 0 aromatic carbocycles. The van der Waals surface area contributed by atoms with Crippen LogP contribution in [0.15, 0.2) is 17.5 Å². The molecule has 0 spiro atoms. The van der Waals surface area contributed by atoms with Gasteiger partial charge in [-0.3, -0.25) is 0 Å². The molecule has 1 nitrogen and oxygen atoms in total. The summed E-state index contributed by atoms with van der Waals surface area (Å²) in [6, 6.07) is 4.47. The Balaban J connectivity index is 2.48. The van der Waals surface area contributed by atoms with E-state index in [-0.39, 0.29) is 0 Å². The lowest BCUT2D eigenvalue weighted by molar-refractivity contribution is 0.746. The highest BCUT2D eigenvalue weighted by Crippen LogP contribution is 2.09. The number of hydrogen-bond donors (Lipinski definition) is 1. The SMILES string of the molecule is C[C@@H](N)Cc1cccs1. The van der Waals surface area contributed by atoms with E-state index < -0.39 is 0 Å². The topological polar surface area (TPSA) is 26.0 Å². The van der Waals surface area contributed by atoms with E-state index in [0.29, 0.717) is 6.04 Å². The van der Waals surface area contributed by atoms with E-state index in [4.69, 9.17) is 5.73 Å². The molecule has 0 aliphatic rings. The molecule has 0 aliphatic carbocycles. The lowest BCUT2D eigenvalue weighted by Gasteiger charge is -1.99. The Morgan fingerprint density at radius 2 is 2.56 bits per heavy atom. The van der Waals surface area contributed by atoms with Gasteiger partial charge in [0.25, 0.3) is 0 Å².